The fraction of sp³-hybridized carbons (Fsp3) is 0.0588. The van der Waals surface area contributed by atoms with E-state index in [9.17, 15) is 14.0 Å². The molecule has 0 unspecified atom stereocenters. The Labute approximate surface area is 125 Å². The Morgan fingerprint density at radius 3 is 2.50 bits per heavy atom. The lowest BCUT2D eigenvalue weighted by atomic mass is 10.1. The predicted octanol–water partition coefficient (Wildman–Crippen LogP) is 3.56. The van der Waals surface area contributed by atoms with E-state index in [1.54, 1.807) is 30.3 Å². The minimum Gasteiger partial charge on any atom is -0.456 e. The molecule has 0 saturated heterocycles. The lowest BCUT2D eigenvalue weighted by molar-refractivity contribution is -0.114. The summed E-state index contributed by atoms with van der Waals surface area (Å²) in [6.07, 6.45) is 0. The van der Waals surface area contributed by atoms with Crippen LogP contribution in [0.3, 0.4) is 0 Å². The molecule has 1 heterocycles. The Morgan fingerprint density at radius 2 is 1.82 bits per heavy atom. The van der Waals surface area contributed by atoms with Crippen molar-refractivity contribution in [1.29, 1.82) is 0 Å². The van der Waals surface area contributed by atoms with E-state index in [-0.39, 0.29) is 17.2 Å². The molecule has 0 bridgehead atoms. The van der Waals surface area contributed by atoms with Crippen molar-refractivity contribution in [3.05, 3.63) is 64.6 Å². The maximum atomic E-state index is 13.0. The maximum absolute atomic E-state index is 13.0. The molecule has 0 spiro atoms. The minimum atomic E-state index is -0.355. The van der Waals surface area contributed by atoms with E-state index in [2.05, 4.69) is 5.32 Å². The summed E-state index contributed by atoms with van der Waals surface area (Å²) in [4.78, 5) is 23.3. The molecule has 4 nitrogen and oxygen atoms in total. The zero-order valence-electron chi connectivity index (χ0n) is 11.7. The molecule has 0 fully saturated rings. The quantitative estimate of drug-likeness (QED) is 0.786. The standard InChI is InChI=1S/C17H12FNO3/c1-10(20)19-13-6-7-16-14(8-13)15(21)9-17(22-16)11-2-4-12(18)5-3-11/h2-9H,1H3,(H,19,20). The fourth-order valence-corrected chi connectivity index (χ4v) is 2.19. The van der Waals surface area contributed by atoms with Gasteiger partial charge in [-0.15, -0.1) is 0 Å². The number of halogens is 1. The van der Waals surface area contributed by atoms with Gasteiger partial charge in [0.05, 0.1) is 5.39 Å². The highest BCUT2D eigenvalue weighted by Gasteiger charge is 2.08. The third-order valence-corrected chi connectivity index (χ3v) is 3.18. The maximum Gasteiger partial charge on any atom is 0.221 e. The Bertz CT molecular complexity index is 913. The zero-order valence-corrected chi connectivity index (χ0v) is 11.7. The molecule has 0 radical (unpaired) electrons. The van der Waals surface area contributed by atoms with Gasteiger partial charge in [-0.3, -0.25) is 9.59 Å². The molecule has 0 aliphatic rings. The van der Waals surface area contributed by atoms with Crippen LogP contribution in [-0.2, 0) is 4.79 Å². The summed E-state index contributed by atoms with van der Waals surface area (Å²) in [5, 5.41) is 2.99. The Balaban J connectivity index is 2.11. The van der Waals surface area contributed by atoms with Crippen molar-refractivity contribution in [3.8, 4) is 11.3 Å². The highest BCUT2D eigenvalue weighted by Crippen LogP contribution is 2.24. The number of fused-ring (bicyclic) bond motifs is 1. The van der Waals surface area contributed by atoms with Crippen molar-refractivity contribution in [1.82, 2.24) is 0 Å². The van der Waals surface area contributed by atoms with Gasteiger partial charge in [-0.1, -0.05) is 0 Å². The lowest BCUT2D eigenvalue weighted by Gasteiger charge is -2.06. The van der Waals surface area contributed by atoms with Gasteiger partial charge < -0.3 is 9.73 Å². The van der Waals surface area contributed by atoms with Gasteiger partial charge >= 0.3 is 0 Å². The van der Waals surface area contributed by atoms with Crippen LogP contribution in [0.2, 0.25) is 0 Å². The first-order valence-electron chi connectivity index (χ1n) is 6.64. The number of amides is 1. The van der Waals surface area contributed by atoms with Crippen LogP contribution in [0.25, 0.3) is 22.3 Å². The molecule has 0 aliphatic heterocycles. The first kappa shape index (κ1) is 14.0. The second-order valence-electron chi connectivity index (χ2n) is 4.87. The number of hydrogen-bond donors (Lipinski definition) is 1. The number of rotatable bonds is 2. The SMILES string of the molecule is CC(=O)Nc1ccc2oc(-c3ccc(F)cc3)cc(=O)c2c1. The van der Waals surface area contributed by atoms with Crippen LogP contribution in [-0.4, -0.2) is 5.91 Å². The van der Waals surface area contributed by atoms with E-state index >= 15 is 0 Å². The molecule has 0 atom stereocenters. The van der Waals surface area contributed by atoms with Crippen LogP contribution in [0, 0.1) is 5.82 Å². The Hall–Kier alpha value is -2.95. The fourth-order valence-electron chi connectivity index (χ4n) is 2.19. The number of hydrogen-bond acceptors (Lipinski definition) is 3. The monoisotopic (exact) mass is 297 g/mol. The molecular weight excluding hydrogens is 285 g/mol. The van der Waals surface area contributed by atoms with Crippen LogP contribution in [0.5, 0.6) is 0 Å². The van der Waals surface area contributed by atoms with Crippen molar-refractivity contribution in [3.63, 3.8) is 0 Å². The zero-order chi connectivity index (χ0) is 15.7. The molecule has 1 N–H and O–H groups in total. The summed E-state index contributed by atoms with van der Waals surface area (Å²) in [7, 11) is 0. The van der Waals surface area contributed by atoms with E-state index in [0.717, 1.165) is 0 Å². The summed E-state index contributed by atoms with van der Waals surface area (Å²) in [6.45, 7) is 1.39. The third-order valence-electron chi connectivity index (χ3n) is 3.18. The largest absolute Gasteiger partial charge is 0.456 e. The summed E-state index contributed by atoms with van der Waals surface area (Å²) in [5.41, 5.74) is 1.32. The molecule has 3 aromatic rings. The molecule has 22 heavy (non-hydrogen) atoms. The van der Waals surface area contributed by atoms with Crippen LogP contribution in [0.15, 0.2) is 57.7 Å². The normalized spacial score (nSPS) is 10.6. The number of anilines is 1. The van der Waals surface area contributed by atoms with Crippen LogP contribution >= 0.6 is 0 Å². The van der Waals surface area contributed by atoms with Crippen molar-refractivity contribution in [2.24, 2.45) is 0 Å². The van der Waals surface area contributed by atoms with Crippen LogP contribution < -0.4 is 10.7 Å². The van der Waals surface area contributed by atoms with Crippen LogP contribution in [0.1, 0.15) is 6.92 Å². The highest BCUT2D eigenvalue weighted by molar-refractivity contribution is 5.92. The summed E-state index contributed by atoms with van der Waals surface area (Å²) in [5.74, 6) is -0.205. The van der Waals surface area contributed by atoms with Gasteiger partial charge in [0.25, 0.3) is 0 Å². The van der Waals surface area contributed by atoms with Crippen molar-refractivity contribution < 1.29 is 13.6 Å². The first-order chi connectivity index (χ1) is 10.5. The summed E-state index contributed by atoms with van der Waals surface area (Å²) in [6, 6.07) is 11.9. The number of carbonyl (C=O) groups excluding carboxylic acids is 1. The van der Waals surface area contributed by atoms with Crippen LogP contribution in [0.4, 0.5) is 10.1 Å². The molecular formula is C17H12FNO3. The topological polar surface area (TPSA) is 59.3 Å². The molecule has 3 rings (SSSR count). The molecule has 0 saturated carbocycles. The molecule has 2 aromatic carbocycles. The van der Waals surface area contributed by atoms with Gasteiger partial charge in [0.15, 0.2) is 5.43 Å². The van der Waals surface area contributed by atoms with Gasteiger partial charge in [-0.2, -0.15) is 0 Å². The molecule has 5 heteroatoms. The number of benzene rings is 2. The van der Waals surface area contributed by atoms with Crippen molar-refractivity contribution in [2.75, 3.05) is 5.32 Å². The molecule has 1 amide bonds. The lowest BCUT2D eigenvalue weighted by Crippen LogP contribution is -2.07. The number of carbonyl (C=O) groups is 1. The van der Waals surface area contributed by atoms with E-state index in [1.807, 2.05) is 0 Å². The van der Waals surface area contributed by atoms with Crippen molar-refractivity contribution >= 4 is 22.6 Å². The Kier molecular flexibility index (Phi) is 3.47. The third kappa shape index (κ3) is 2.74. The van der Waals surface area contributed by atoms with E-state index in [0.29, 0.717) is 28.0 Å². The smallest absolute Gasteiger partial charge is 0.221 e. The summed E-state index contributed by atoms with van der Waals surface area (Å²) >= 11 is 0. The highest BCUT2D eigenvalue weighted by atomic mass is 19.1. The van der Waals surface area contributed by atoms with Gasteiger partial charge in [0.1, 0.15) is 17.2 Å². The molecule has 1 aromatic heterocycles. The first-order valence-corrected chi connectivity index (χ1v) is 6.64. The van der Waals surface area contributed by atoms with Gasteiger partial charge in [0.2, 0.25) is 5.91 Å². The second kappa shape index (κ2) is 5.44. The molecule has 0 aliphatic carbocycles. The van der Waals surface area contributed by atoms with E-state index in [4.69, 9.17) is 4.42 Å². The predicted molar refractivity (Wildman–Crippen MR) is 82.2 cm³/mol. The van der Waals surface area contributed by atoms with E-state index in [1.165, 1.54) is 25.1 Å². The number of nitrogens with one attached hydrogen (secondary N) is 1. The Morgan fingerprint density at radius 1 is 1.09 bits per heavy atom. The van der Waals surface area contributed by atoms with Gasteiger partial charge in [0, 0.05) is 24.2 Å². The average molecular weight is 297 g/mol. The molecule has 110 valence electrons. The second-order valence-corrected chi connectivity index (χ2v) is 4.87. The average Bonchev–Trinajstić information content (AvgIpc) is 2.48. The van der Waals surface area contributed by atoms with Gasteiger partial charge in [-0.25, -0.2) is 4.39 Å². The van der Waals surface area contributed by atoms with E-state index < -0.39 is 0 Å². The van der Waals surface area contributed by atoms with Crippen molar-refractivity contribution in [2.45, 2.75) is 6.92 Å². The summed E-state index contributed by atoms with van der Waals surface area (Å²) < 4.78 is 18.6. The van der Waals surface area contributed by atoms with Gasteiger partial charge in [-0.05, 0) is 42.5 Å². The minimum absolute atomic E-state index is 0.216.